The van der Waals surface area contributed by atoms with Crippen molar-refractivity contribution in [1.82, 2.24) is 10.2 Å². The molecule has 4 atom stereocenters. The molecule has 5 heteroatoms. The van der Waals surface area contributed by atoms with Crippen LogP contribution in [0.1, 0.15) is 45.5 Å². The maximum Gasteiger partial charge on any atom is 0.315 e. The predicted molar refractivity (Wildman–Crippen MR) is 61.9 cm³/mol. The molecule has 1 aromatic heterocycles. The summed E-state index contributed by atoms with van der Waals surface area (Å²) in [4.78, 5) is 0. The summed E-state index contributed by atoms with van der Waals surface area (Å²) in [6.45, 7) is 6.38. The molecule has 16 heavy (non-hydrogen) atoms. The first kappa shape index (κ1) is 11.4. The average Bonchev–Trinajstić information content (AvgIpc) is 2.81. The Morgan fingerprint density at radius 2 is 2.12 bits per heavy atom. The Hall–Kier alpha value is -1.10. The minimum Gasteiger partial charge on any atom is -0.406 e. The van der Waals surface area contributed by atoms with E-state index in [4.69, 9.17) is 10.2 Å². The van der Waals surface area contributed by atoms with Gasteiger partial charge in [-0.3, -0.25) is 0 Å². The van der Waals surface area contributed by atoms with Gasteiger partial charge in [0.1, 0.15) is 0 Å². The van der Waals surface area contributed by atoms with E-state index in [-0.39, 0.29) is 6.04 Å². The van der Waals surface area contributed by atoms with Gasteiger partial charge in [-0.2, -0.15) is 0 Å². The zero-order valence-corrected chi connectivity index (χ0v) is 10.1. The van der Waals surface area contributed by atoms with Gasteiger partial charge >= 0.3 is 6.01 Å². The second kappa shape index (κ2) is 4.41. The highest BCUT2D eigenvalue weighted by Gasteiger charge is 2.30. The normalized spacial score (nSPS) is 31.6. The van der Waals surface area contributed by atoms with Crippen molar-refractivity contribution in [3.63, 3.8) is 0 Å². The third kappa shape index (κ3) is 2.19. The Bertz CT molecular complexity index is 350. The number of hydrogen-bond donors (Lipinski definition) is 2. The van der Waals surface area contributed by atoms with E-state index in [0.29, 0.717) is 23.9 Å². The lowest BCUT2D eigenvalue weighted by Crippen LogP contribution is -2.24. The van der Waals surface area contributed by atoms with Crippen LogP contribution < -0.4 is 11.1 Å². The van der Waals surface area contributed by atoms with Crippen molar-refractivity contribution < 1.29 is 4.42 Å². The first-order chi connectivity index (χ1) is 7.58. The second-order valence-corrected chi connectivity index (χ2v) is 4.90. The molecule has 1 heterocycles. The zero-order valence-electron chi connectivity index (χ0n) is 10.1. The van der Waals surface area contributed by atoms with E-state index in [1.165, 1.54) is 6.42 Å². The summed E-state index contributed by atoms with van der Waals surface area (Å²) in [5.74, 6) is 1.89. The fourth-order valence-corrected chi connectivity index (χ4v) is 2.20. The van der Waals surface area contributed by atoms with Crippen molar-refractivity contribution >= 4 is 6.01 Å². The van der Waals surface area contributed by atoms with Crippen molar-refractivity contribution in [2.45, 2.75) is 45.7 Å². The van der Waals surface area contributed by atoms with Crippen LogP contribution in [0.3, 0.4) is 0 Å². The molecule has 0 aliphatic heterocycles. The summed E-state index contributed by atoms with van der Waals surface area (Å²) < 4.78 is 5.43. The van der Waals surface area contributed by atoms with Crippen LogP contribution in [0.5, 0.6) is 0 Å². The SMILES string of the molecule is CC(N)c1nnc(NC2CCC(C)C2C)o1. The van der Waals surface area contributed by atoms with E-state index >= 15 is 0 Å². The molecule has 0 amide bonds. The molecule has 1 fully saturated rings. The Morgan fingerprint density at radius 1 is 1.38 bits per heavy atom. The van der Waals surface area contributed by atoms with Crippen LogP contribution in [0.4, 0.5) is 6.01 Å². The van der Waals surface area contributed by atoms with Gasteiger partial charge in [0.25, 0.3) is 0 Å². The van der Waals surface area contributed by atoms with E-state index in [9.17, 15) is 0 Å². The number of anilines is 1. The quantitative estimate of drug-likeness (QED) is 0.820. The van der Waals surface area contributed by atoms with E-state index in [2.05, 4.69) is 29.4 Å². The van der Waals surface area contributed by atoms with Crippen LogP contribution >= 0.6 is 0 Å². The summed E-state index contributed by atoms with van der Waals surface area (Å²) in [6, 6.07) is 0.734. The largest absolute Gasteiger partial charge is 0.406 e. The Labute approximate surface area is 95.8 Å². The van der Waals surface area contributed by atoms with Gasteiger partial charge in [-0.25, -0.2) is 0 Å². The van der Waals surface area contributed by atoms with Crippen LogP contribution in [0.25, 0.3) is 0 Å². The lowest BCUT2D eigenvalue weighted by molar-refractivity contribution is 0.421. The fourth-order valence-electron chi connectivity index (χ4n) is 2.20. The van der Waals surface area contributed by atoms with Crippen molar-refractivity contribution in [1.29, 1.82) is 0 Å². The molecule has 0 aromatic carbocycles. The Balaban J connectivity index is 1.98. The number of aromatic nitrogens is 2. The fraction of sp³-hybridized carbons (Fsp3) is 0.818. The van der Waals surface area contributed by atoms with E-state index in [1.54, 1.807) is 0 Å². The van der Waals surface area contributed by atoms with Crippen molar-refractivity contribution in [2.24, 2.45) is 17.6 Å². The number of nitrogens with one attached hydrogen (secondary N) is 1. The molecule has 90 valence electrons. The monoisotopic (exact) mass is 224 g/mol. The van der Waals surface area contributed by atoms with E-state index in [0.717, 1.165) is 12.3 Å². The van der Waals surface area contributed by atoms with Crippen LogP contribution in [-0.2, 0) is 0 Å². The molecule has 1 aliphatic rings. The highest BCUT2D eigenvalue weighted by molar-refractivity contribution is 5.21. The van der Waals surface area contributed by atoms with E-state index in [1.807, 2.05) is 6.92 Å². The molecule has 2 rings (SSSR count). The van der Waals surface area contributed by atoms with Crippen LogP contribution in [0, 0.1) is 11.8 Å². The summed E-state index contributed by atoms with van der Waals surface area (Å²) in [5, 5.41) is 11.2. The molecule has 1 saturated carbocycles. The van der Waals surface area contributed by atoms with Gasteiger partial charge in [0.15, 0.2) is 0 Å². The van der Waals surface area contributed by atoms with Crippen LogP contribution in [0.15, 0.2) is 4.42 Å². The van der Waals surface area contributed by atoms with Crippen molar-refractivity contribution in [2.75, 3.05) is 5.32 Å². The third-order valence-corrected chi connectivity index (χ3v) is 3.60. The molecular weight excluding hydrogens is 204 g/mol. The van der Waals surface area contributed by atoms with E-state index < -0.39 is 0 Å². The zero-order chi connectivity index (χ0) is 11.7. The molecule has 0 radical (unpaired) electrons. The lowest BCUT2D eigenvalue weighted by Gasteiger charge is -2.17. The van der Waals surface area contributed by atoms with Gasteiger partial charge in [-0.15, -0.1) is 5.10 Å². The Kier molecular flexibility index (Phi) is 3.14. The van der Waals surface area contributed by atoms with Crippen LogP contribution in [-0.4, -0.2) is 16.2 Å². The third-order valence-electron chi connectivity index (χ3n) is 3.60. The Morgan fingerprint density at radius 3 is 2.62 bits per heavy atom. The maximum atomic E-state index is 5.66. The summed E-state index contributed by atoms with van der Waals surface area (Å²) in [5.41, 5.74) is 5.66. The highest BCUT2D eigenvalue weighted by Crippen LogP contribution is 2.33. The first-order valence-electron chi connectivity index (χ1n) is 5.93. The smallest absolute Gasteiger partial charge is 0.315 e. The molecule has 0 spiro atoms. The maximum absolute atomic E-state index is 5.66. The number of nitrogens with two attached hydrogens (primary N) is 1. The number of nitrogens with zero attached hydrogens (tertiary/aromatic N) is 2. The number of hydrogen-bond acceptors (Lipinski definition) is 5. The lowest BCUT2D eigenvalue weighted by atomic mass is 9.98. The molecule has 1 aromatic rings. The van der Waals surface area contributed by atoms with Gasteiger partial charge < -0.3 is 15.5 Å². The first-order valence-corrected chi connectivity index (χ1v) is 5.93. The van der Waals surface area contributed by atoms with Gasteiger partial charge in [0.2, 0.25) is 5.89 Å². The minimum atomic E-state index is -0.206. The van der Waals surface area contributed by atoms with Crippen LogP contribution in [0.2, 0.25) is 0 Å². The van der Waals surface area contributed by atoms with Gasteiger partial charge in [-0.1, -0.05) is 18.9 Å². The topological polar surface area (TPSA) is 77.0 Å². The van der Waals surface area contributed by atoms with Gasteiger partial charge in [0.05, 0.1) is 6.04 Å². The summed E-state index contributed by atoms with van der Waals surface area (Å²) in [6.07, 6.45) is 2.42. The molecule has 5 nitrogen and oxygen atoms in total. The second-order valence-electron chi connectivity index (χ2n) is 4.90. The van der Waals surface area contributed by atoms with Gasteiger partial charge in [-0.05, 0) is 31.6 Å². The predicted octanol–water partition coefficient (Wildman–Crippen LogP) is 1.94. The highest BCUT2D eigenvalue weighted by atomic mass is 16.4. The molecule has 0 saturated heterocycles. The molecule has 4 unspecified atom stereocenters. The summed E-state index contributed by atoms with van der Waals surface area (Å²) >= 11 is 0. The van der Waals surface area contributed by atoms with Crippen molar-refractivity contribution in [3.8, 4) is 0 Å². The van der Waals surface area contributed by atoms with Crippen molar-refractivity contribution in [3.05, 3.63) is 5.89 Å². The molecule has 1 aliphatic carbocycles. The molecule has 0 bridgehead atoms. The number of rotatable bonds is 3. The molecular formula is C11H20N4O. The molecule has 3 N–H and O–H groups in total. The standard InChI is InChI=1S/C11H20N4O/c1-6-4-5-9(7(6)2)13-11-15-14-10(16-11)8(3)12/h6-9H,4-5,12H2,1-3H3,(H,13,15). The summed E-state index contributed by atoms with van der Waals surface area (Å²) in [7, 11) is 0. The minimum absolute atomic E-state index is 0.206. The van der Waals surface area contributed by atoms with Gasteiger partial charge in [0, 0.05) is 6.04 Å². The average molecular weight is 224 g/mol.